The van der Waals surface area contributed by atoms with Gasteiger partial charge in [0.05, 0.1) is 5.69 Å². The van der Waals surface area contributed by atoms with Crippen LogP contribution in [0.5, 0.6) is 0 Å². The van der Waals surface area contributed by atoms with Gasteiger partial charge in [0.15, 0.2) is 5.58 Å². The number of hydrogen-bond donors (Lipinski definition) is 0. The first-order valence-electron chi connectivity index (χ1n) is 17.5. The van der Waals surface area contributed by atoms with Gasteiger partial charge in [-0.1, -0.05) is 115 Å². The summed E-state index contributed by atoms with van der Waals surface area (Å²) in [5.74, 6) is 0. The molecule has 0 saturated carbocycles. The second-order valence-electron chi connectivity index (χ2n) is 13.2. The monoisotopic (exact) mass is 667 g/mol. The van der Waals surface area contributed by atoms with Gasteiger partial charge < -0.3 is 18.2 Å². The molecule has 4 nitrogen and oxygen atoms in total. The Bertz CT molecular complexity index is 3090. The van der Waals surface area contributed by atoms with Gasteiger partial charge in [0, 0.05) is 54.8 Å². The van der Waals surface area contributed by atoms with Crippen molar-refractivity contribution in [1.29, 1.82) is 0 Å². The molecule has 0 atom stereocenters. The number of para-hydroxylation sites is 6. The van der Waals surface area contributed by atoms with E-state index in [0.717, 1.165) is 105 Å². The normalized spacial score (nSPS) is 11.8. The highest BCUT2D eigenvalue weighted by atomic mass is 16.3. The third kappa shape index (κ3) is 4.34. The van der Waals surface area contributed by atoms with Crippen LogP contribution >= 0.6 is 0 Å². The van der Waals surface area contributed by atoms with E-state index in [1.807, 2.05) is 24.3 Å². The molecule has 11 aromatic rings. The van der Waals surface area contributed by atoms with E-state index in [4.69, 9.17) is 13.3 Å². The molecule has 52 heavy (non-hydrogen) atoms. The number of anilines is 3. The van der Waals surface area contributed by atoms with Gasteiger partial charge in [-0.15, -0.1) is 0 Å². The van der Waals surface area contributed by atoms with Crippen molar-refractivity contribution in [1.82, 2.24) is 0 Å². The molecular weight excluding hydrogens is 639 g/mol. The molecule has 244 valence electrons. The van der Waals surface area contributed by atoms with Crippen molar-refractivity contribution in [3.8, 4) is 22.3 Å². The number of hydrogen-bond acceptors (Lipinski definition) is 4. The highest BCUT2D eigenvalue weighted by Gasteiger charge is 2.22. The van der Waals surface area contributed by atoms with Gasteiger partial charge in [-0.25, -0.2) is 0 Å². The Morgan fingerprint density at radius 2 is 0.846 bits per heavy atom. The van der Waals surface area contributed by atoms with Crippen LogP contribution in [-0.4, -0.2) is 0 Å². The van der Waals surface area contributed by atoms with Crippen LogP contribution in [0.2, 0.25) is 0 Å². The van der Waals surface area contributed by atoms with Crippen molar-refractivity contribution in [2.45, 2.75) is 0 Å². The van der Waals surface area contributed by atoms with Crippen molar-refractivity contribution in [2.24, 2.45) is 0 Å². The van der Waals surface area contributed by atoms with Crippen LogP contribution in [-0.2, 0) is 0 Å². The van der Waals surface area contributed by atoms with Crippen molar-refractivity contribution >= 4 is 82.9 Å². The Balaban J connectivity index is 1.07. The summed E-state index contributed by atoms with van der Waals surface area (Å²) >= 11 is 0. The van der Waals surface area contributed by atoms with Gasteiger partial charge in [-0.3, -0.25) is 0 Å². The van der Waals surface area contributed by atoms with E-state index in [1.54, 1.807) is 0 Å². The second-order valence-corrected chi connectivity index (χ2v) is 13.2. The van der Waals surface area contributed by atoms with E-state index >= 15 is 0 Å². The number of furan rings is 3. The quantitative estimate of drug-likeness (QED) is 0.183. The minimum Gasteiger partial charge on any atom is -0.456 e. The number of benzene rings is 8. The van der Waals surface area contributed by atoms with Crippen LogP contribution in [0, 0.1) is 0 Å². The zero-order valence-electron chi connectivity index (χ0n) is 27.9. The van der Waals surface area contributed by atoms with Gasteiger partial charge in [0.1, 0.15) is 27.9 Å². The first-order chi connectivity index (χ1) is 25.8. The molecule has 0 aliphatic heterocycles. The molecule has 11 rings (SSSR count). The molecule has 0 unspecified atom stereocenters. The third-order valence-electron chi connectivity index (χ3n) is 10.3. The summed E-state index contributed by atoms with van der Waals surface area (Å²) in [5.41, 5.74) is 12.4. The highest BCUT2D eigenvalue weighted by Crippen LogP contribution is 2.46. The fourth-order valence-corrected chi connectivity index (χ4v) is 7.87. The average Bonchev–Trinajstić information content (AvgIpc) is 3.90. The minimum absolute atomic E-state index is 0.832. The molecule has 3 heterocycles. The van der Waals surface area contributed by atoms with Crippen LogP contribution in [0.4, 0.5) is 17.1 Å². The van der Waals surface area contributed by atoms with Crippen molar-refractivity contribution in [3.63, 3.8) is 0 Å². The van der Waals surface area contributed by atoms with E-state index in [0.29, 0.717) is 0 Å². The molecule has 3 aromatic heterocycles. The first kappa shape index (κ1) is 28.8. The predicted octanol–water partition coefficient (Wildman–Crippen LogP) is 14.2. The summed E-state index contributed by atoms with van der Waals surface area (Å²) in [6, 6.07) is 61.1. The lowest BCUT2D eigenvalue weighted by molar-refractivity contribution is 0.665. The van der Waals surface area contributed by atoms with E-state index in [-0.39, 0.29) is 0 Å². The Morgan fingerprint density at radius 1 is 0.308 bits per heavy atom. The molecule has 4 heteroatoms. The molecular formula is C48H29NO3. The van der Waals surface area contributed by atoms with Gasteiger partial charge in [0.2, 0.25) is 0 Å². The zero-order chi connectivity index (χ0) is 34.2. The molecule has 0 radical (unpaired) electrons. The fraction of sp³-hybridized carbons (Fsp3) is 0. The van der Waals surface area contributed by atoms with E-state index < -0.39 is 0 Å². The predicted molar refractivity (Wildman–Crippen MR) is 214 cm³/mol. The lowest BCUT2D eigenvalue weighted by Gasteiger charge is -2.25. The molecule has 8 aromatic carbocycles. The van der Waals surface area contributed by atoms with Crippen LogP contribution in [0.3, 0.4) is 0 Å². The molecule has 0 bridgehead atoms. The largest absolute Gasteiger partial charge is 0.456 e. The summed E-state index contributed by atoms with van der Waals surface area (Å²) in [6.45, 7) is 0. The summed E-state index contributed by atoms with van der Waals surface area (Å²) < 4.78 is 19.8. The molecule has 0 aliphatic rings. The van der Waals surface area contributed by atoms with Crippen LogP contribution in [0.1, 0.15) is 0 Å². The molecule has 0 N–H and O–H groups in total. The fourth-order valence-electron chi connectivity index (χ4n) is 7.87. The summed E-state index contributed by atoms with van der Waals surface area (Å²) in [7, 11) is 0. The van der Waals surface area contributed by atoms with Crippen molar-refractivity contribution in [3.05, 3.63) is 176 Å². The van der Waals surface area contributed by atoms with Gasteiger partial charge in [-0.2, -0.15) is 0 Å². The summed E-state index contributed by atoms with van der Waals surface area (Å²) in [5, 5.41) is 6.51. The van der Waals surface area contributed by atoms with Crippen LogP contribution in [0.15, 0.2) is 189 Å². The second kappa shape index (κ2) is 11.2. The van der Waals surface area contributed by atoms with Gasteiger partial charge >= 0.3 is 0 Å². The smallest absolute Gasteiger partial charge is 0.159 e. The minimum atomic E-state index is 0.832. The average molecular weight is 668 g/mol. The molecule has 0 spiro atoms. The van der Waals surface area contributed by atoms with Crippen LogP contribution in [0.25, 0.3) is 88.1 Å². The molecule has 0 fully saturated rings. The highest BCUT2D eigenvalue weighted by molar-refractivity contribution is 6.17. The lowest BCUT2D eigenvalue weighted by Crippen LogP contribution is -2.09. The van der Waals surface area contributed by atoms with E-state index in [9.17, 15) is 0 Å². The van der Waals surface area contributed by atoms with Crippen molar-refractivity contribution < 1.29 is 13.3 Å². The maximum absolute atomic E-state index is 6.96. The van der Waals surface area contributed by atoms with Crippen LogP contribution < -0.4 is 4.90 Å². The Kier molecular flexibility index (Phi) is 6.22. The maximum Gasteiger partial charge on any atom is 0.159 e. The number of rotatable bonds is 5. The maximum atomic E-state index is 6.96. The topological polar surface area (TPSA) is 42.7 Å². The van der Waals surface area contributed by atoms with Gasteiger partial charge in [0.25, 0.3) is 0 Å². The van der Waals surface area contributed by atoms with Gasteiger partial charge in [-0.05, 0) is 71.8 Å². The molecule has 0 aliphatic carbocycles. The number of fused-ring (bicyclic) bond motifs is 9. The van der Waals surface area contributed by atoms with E-state index in [2.05, 4.69) is 157 Å². The molecule has 0 saturated heterocycles. The SMILES string of the molecule is c1ccc(N(c2ccccc2)c2cccc3c2oc2c(-c4cccc5c4oc4ccc(-c6ccc7c(c6)oc6ccccc67)cc45)cccc23)cc1. The molecule has 0 amide bonds. The first-order valence-corrected chi connectivity index (χ1v) is 17.5. The zero-order valence-corrected chi connectivity index (χ0v) is 27.9. The Labute approximate surface area is 298 Å². The Hall–Kier alpha value is -7.04. The third-order valence-corrected chi connectivity index (χ3v) is 10.3. The standard InChI is InChI=1S/C48H29NO3/c1-3-12-32(13-4-1)49(33-14-5-2-6-15-33)42-22-11-21-39-38-19-9-18-37(47(38)52-48(39)42)36-17-10-20-40-41-28-30(25-27-44(41)51-46(36)40)31-24-26-35-34-16-7-8-23-43(34)50-45(35)29-31/h1-29H. The Morgan fingerprint density at radius 3 is 1.60 bits per heavy atom. The summed E-state index contributed by atoms with van der Waals surface area (Å²) in [4.78, 5) is 2.26. The lowest BCUT2D eigenvalue weighted by atomic mass is 9.98. The van der Waals surface area contributed by atoms with E-state index in [1.165, 1.54) is 0 Å². The summed E-state index contributed by atoms with van der Waals surface area (Å²) in [6.07, 6.45) is 0. The number of nitrogens with zero attached hydrogens (tertiary/aromatic N) is 1. The van der Waals surface area contributed by atoms with Crippen molar-refractivity contribution in [2.75, 3.05) is 4.90 Å².